The fourth-order valence-electron chi connectivity index (χ4n) is 0.632. The molecule has 0 saturated carbocycles. The third-order valence-electron chi connectivity index (χ3n) is 1.13. The zero-order chi connectivity index (χ0) is 7.56. The van der Waals surface area contributed by atoms with E-state index in [1.54, 1.807) is 12.1 Å². The number of amidine groups is 1. The van der Waals surface area contributed by atoms with Gasteiger partial charge in [-0.15, -0.1) is 0 Å². The molecule has 1 aromatic heterocycles. The minimum absolute atomic E-state index is 0.0697. The van der Waals surface area contributed by atoms with Crippen LogP contribution in [0.15, 0.2) is 16.5 Å². The fraction of sp³-hybridized carbons (Fsp3) is 0.167. The smallest absolute Gasteiger partial charge is 0.168 e. The maximum atomic E-state index is 6.97. The number of nitrogens with two attached hydrogens (primary N) is 2. The van der Waals surface area contributed by atoms with Crippen LogP contribution in [0.1, 0.15) is 11.5 Å². The van der Waals surface area contributed by atoms with E-state index >= 15 is 0 Å². The van der Waals surface area contributed by atoms with Crippen molar-refractivity contribution in [2.75, 3.05) is 0 Å². The average Bonchev–Trinajstić information content (AvgIpc) is 2.34. The van der Waals surface area contributed by atoms with Crippen molar-refractivity contribution in [1.82, 2.24) is 0 Å². The number of rotatable bonds is 2. The van der Waals surface area contributed by atoms with Crippen LogP contribution >= 0.6 is 0 Å². The molecule has 1 heterocycles. The molecule has 0 aliphatic heterocycles. The van der Waals surface area contributed by atoms with Crippen molar-refractivity contribution in [2.45, 2.75) is 6.54 Å². The van der Waals surface area contributed by atoms with Gasteiger partial charge < -0.3 is 15.9 Å². The van der Waals surface area contributed by atoms with Gasteiger partial charge in [0.1, 0.15) is 5.76 Å². The van der Waals surface area contributed by atoms with Crippen LogP contribution in [0.5, 0.6) is 0 Å². The van der Waals surface area contributed by atoms with Crippen LogP contribution in [0.4, 0.5) is 0 Å². The van der Waals surface area contributed by atoms with Crippen molar-refractivity contribution in [1.29, 1.82) is 5.41 Å². The van der Waals surface area contributed by atoms with Gasteiger partial charge in [-0.2, -0.15) is 0 Å². The summed E-state index contributed by atoms with van der Waals surface area (Å²) in [5, 5.41) is 6.97. The molecule has 10 heavy (non-hydrogen) atoms. The van der Waals surface area contributed by atoms with Crippen molar-refractivity contribution >= 4 is 5.84 Å². The molecule has 1 aromatic rings. The lowest BCUT2D eigenvalue weighted by atomic mass is 10.4. The van der Waals surface area contributed by atoms with Crippen molar-refractivity contribution in [3.63, 3.8) is 0 Å². The van der Waals surface area contributed by atoms with Crippen LogP contribution in [0.2, 0.25) is 0 Å². The zero-order valence-corrected chi connectivity index (χ0v) is 5.42. The number of nitrogen functional groups attached to an aromatic ring is 1. The monoisotopic (exact) mass is 139 g/mol. The van der Waals surface area contributed by atoms with E-state index < -0.39 is 0 Å². The zero-order valence-electron chi connectivity index (χ0n) is 5.42. The second-order valence-corrected chi connectivity index (χ2v) is 1.88. The first-order chi connectivity index (χ1) is 4.74. The number of hydrogen-bond acceptors (Lipinski definition) is 3. The van der Waals surface area contributed by atoms with Crippen LogP contribution in [-0.4, -0.2) is 5.84 Å². The first kappa shape index (κ1) is 6.82. The molecule has 0 aliphatic rings. The Kier molecular flexibility index (Phi) is 1.73. The molecule has 4 nitrogen and oxygen atoms in total. The third kappa shape index (κ3) is 1.16. The molecule has 0 fully saturated rings. The summed E-state index contributed by atoms with van der Waals surface area (Å²) in [7, 11) is 0. The molecule has 4 heteroatoms. The van der Waals surface area contributed by atoms with E-state index in [1.807, 2.05) is 0 Å². The normalized spacial score (nSPS) is 9.70. The van der Waals surface area contributed by atoms with Crippen LogP contribution in [0.3, 0.4) is 0 Å². The summed E-state index contributed by atoms with van der Waals surface area (Å²) < 4.78 is 5.02. The van der Waals surface area contributed by atoms with E-state index in [0.29, 0.717) is 18.1 Å². The standard InChI is InChI=1S/C6H9N3O/c7-3-4-1-2-5(10-4)6(8)9/h1-2H,3,7H2,(H3,8,9). The van der Waals surface area contributed by atoms with Crippen LogP contribution < -0.4 is 11.5 Å². The van der Waals surface area contributed by atoms with E-state index in [1.165, 1.54) is 0 Å². The van der Waals surface area contributed by atoms with Gasteiger partial charge in [-0.1, -0.05) is 0 Å². The molecule has 0 spiro atoms. The Bertz CT molecular complexity index is 241. The Morgan fingerprint density at radius 2 is 2.30 bits per heavy atom. The summed E-state index contributed by atoms with van der Waals surface area (Å²) >= 11 is 0. The summed E-state index contributed by atoms with van der Waals surface area (Å²) in [6.45, 7) is 0.341. The van der Waals surface area contributed by atoms with Gasteiger partial charge >= 0.3 is 0 Å². The summed E-state index contributed by atoms with van der Waals surface area (Å²) in [5.41, 5.74) is 10.4. The molecule has 5 N–H and O–H groups in total. The average molecular weight is 139 g/mol. The van der Waals surface area contributed by atoms with Crippen molar-refractivity contribution in [2.24, 2.45) is 11.5 Å². The molecule has 54 valence electrons. The lowest BCUT2D eigenvalue weighted by molar-refractivity contribution is 0.503. The van der Waals surface area contributed by atoms with E-state index in [-0.39, 0.29) is 5.84 Å². The quantitative estimate of drug-likeness (QED) is 0.398. The van der Waals surface area contributed by atoms with Crippen molar-refractivity contribution in [3.05, 3.63) is 23.7 Å². The molecule has 1 rings (SSSR count). The Hall–Kier alpha value is -1.29. The predicted octanol–water partition coefficient (Wildman–Crippen LogP) is 0.0224. The summed E-state index contributed by atoms with van der Waals surface area (Å²) in [5.74, 6) is 0.949. The second-order valence-electron chi connectivity index (χ2n) is 1.88. The molecule has 0 bridgehead atoms. The Morgan fingerprint density at radius 3 is 2.60 bits per heavy atom. The molecule has 0 atom stereocenters. The fourth-order valence-corrected chi connectivity index (χ4v) is 0.632. The van der Waals surface area contributed by atoms with Crippen LogP contribution in [0.25, 0.3) is 0 Å². The van der Waals surface area contributed by atoms with Gasteiger partial charge in [0.2, 0.25) is 0 Å². The highest BCUT2D eigenvalue weighted by Gasteiger charge is 2.01. The van der Waals surface area contributed by atoms with Crippen molar-refractivity contribution < 1.29 is 4.42 Å². The van der Waals surface area contributed by atoms with Crippen LogP contribution in [0, 0.1) is 5.41 Å². The van der Waals surface area contributed by atoms with E-state index in [0.717, 1.165) is 0 Å². The van der Waals surface area contributed by atoms with Gasteiger partial charge in [0.25, 0.3) is 0 Å². The molecule has 0 radical (unpaired) electrons. The van der Waals surface area contributed by atoms with E-state index in [2.05, 4.69) is 0 Å². The molecule has 0 aliphatic carbocycles. The first-order valence-electron chi connectivity index (χ1n) is 2.87. The van der Waals surface area contributed by atoms with E-state index in [9.17, 15) is 0 Å². The van der Waals surface area contributed by atoms with Gasteiger partial charge in [0.05, 0.1) is 6.54 Å². The summed E-state index contributed by atoms with van der Waals surface area (Å²) in [6, 6.07) is 3.33. The Morgan fingerprint density at radius 1 is 1.60 bits per heavy atom. The second kappa shape index (κ2) is 2.53. The SMILES string of the molecule is N=C(N)c1ccc(CN)o1. The number of hydrogen-bond donors (Lipinski definition) is 3. The van der Waals surface area contributed by atoms with Crippen LogP contribution in [-0.2, 0) is 6.54 Å². The molecule has 0 amide bonds. The summed E-state index contributed by atoms with van der Waals surface area (Å²) in [4.78, 5) is 0. The largest absolute Gasteiger partial charge is 0.457 e. The highest BCUT2D eigenvalue weighted by molar-refractivity contribution is 5.92. The van der Waals surface area contributed by atoms with Gasteiger partial charge in [-0.3, -0.25) is 5.41 Å². The Labute approximate surface area is 58.3 Å². The predicted molar refractivity (Wildman–Crippen MR) is 37.6 cm³/mol. The number of nitrogens with one attached hydrogen (secondary N) is 1. The van der Waals surface area contributed by atoms with Crippen molar-refractivity contribution in [3.8, 4) is 0 Å². The highest BCUT2D eigenvalue weighted by Crippen LogP contribution is 2.04. The first-order valence-corrected chi connectivity index (χ1v) is 2.87. The molecule has 0 saturated heterocycles. The Balaban J connectivity index is 2.88. The maximum Gasteiger partial charge on any atom is 0.168 e. The van der Waals surface area contributed by atoms with Gasteiger partial charge in [0.15, 0.2) is 11.6 Å². The molecule has 0 aromatic carbocycles. The molecular weight excluding hydrogens is 130 g/mol. The lowest BCUT2D eigenvalue weighted by Gasteiger charge is -1.89. The summed E-state index contributed by atoms with van der Waals surface area (Å²) in [6.07, 6.45) is 0. The highest BCUT2D eigenvalue weighted by atomic mass is 16.3. The van der Waals surface area contributed by atoms with E-state index in [4.69, 9.17) is 21.3 Å². The van der Waals surface area contributed by atoms with Gasteiger partial charge in [-0.25, -0.2) is 0 Å². The van der Waals surface area contributed by atoms with Gasteiger partial charge in [-0.05, 0) is 12.1 Å². The lowest BCUT2D eigenvalue weighted by Crippen LogP contribution is -2.09. The number of furan rings is 1. The molecular formula is C6H9N3O. The van der Waals surface area contributed by atoms with Gasteiger partial charge in [0, 0.05) is 0 Å². The topological polar surface area (TPSA) is 89.0 Å². The third-order valence-corrected chi connectivity index (χ3v) is 1.13. The minimum Gasteiger partial charge on any atom is -0.457 e. The minimum atomic E-state index is -0.0697. The maximum absolute atomic E-state index is 6.97. The molecule has 0 unspecified atom stereocenters.